The van der Waals surface area contributed by atoms with E-state index >= 15 is 0 Å². The van der Waals surface area contributed by atoms with E-state index in [1.165, 1.54) is 6.33 Å². The molecule has 0 amide bonds. The van der Waals surface area contributed by atoms with E-state index in [2.05, 4.69) is 9.51 Å². The summed E-state index contributed by atoms with van der Waals surface area (Å²) < 4.78 is 22.8. The molecule has 10 heteroatoms. The second-order valence-electron chi connectivity index (χ2n) is 5.88. The Hall–Kier alpha value is -1.32. The first kappa shape index (κ1) is 17.5. The van der Waals surface area contributed by atoms with Crippen LogP contribution in [-0.2, 0) is 13.8 Å². The molecular weight excluding hydrogens is 339 g/mol. The largest absolute Gasteiger partial charge is 0.470 e. The van der Waals surface area contributed by atoms with Gasteiger partial charge in [-0.1, -0.05) is 0 Å². The van der Waals surface area contributed by atoms with E-state index in [1.54, 1.807) is 4.57 Å². The van der Waals surface area contributed by atoms with Gasteiger partial charge in [0.1, 0.15) is 18.3 Å². The van der Waals surface area contributed by atoms with Gasteiger partial charge in [-0.15, -0.1) is 0 Å². The van der Waals surface area contributed by atoms with Crippen molar-refractivity contribution in [2.45, 2.75) is 38.4 Å². The van der Waals surface area contributed by atoms with Crippen LogP contribution in [0, 0.1) is 13.8 Å². The summed E-state index contributed by atoms with van der Waals surface area (Å²) in [5.41, 5.74) is 3.50. The summed E-state index contributed by atoms with van der Waals surface area (Å²) in [6, 6.07) is 3.79. The molecule has 9 nitrogen and oxygen atoms in total. The maximum atomic E-state index is 11.1. The summed E-state index contributed by atoms with van der Waals surface area (Å²) in [4.78, 5) is 22.2. The zero-order chi connectivity index (χ0) is 17.6. The van der Waals surface area contributed by atoms with Gasteiger partial charge in [0.25, 0.3) is 0 Å². The van der Waals surface area contributed by atoms with Crippen molar-refractivity contribution >= 4 is 18.9 Å². The average molecular weight is 358 g/mol. The Morgan fingerprint density at radius 1 is 1.33 bits per heavy atom. The summed E-state index contributed by atoms with van der Waals surface area (Å²) in [6.07, 6.45) is -3.31. The maximum absolute atomic E-state index is 11.1. The molecule has 0 aliphatic carbocycles. The van der Waals surface area contributed by atoms with Crippen molar-refractivity contribution in [1.82, 2.24) is 9.55 Å². The third kappa shape index (κ3) is 3.12. The van der Waals surface area contributed by atoms with Gasteiger partial charge >= 0.3 is 7.82 Å². The summed E-state index contributed by atoms with van der Waals surface area (Å²) in [5.74, 6) is 0. The van der Waals surface area contributed by atoms with E-state index in [-0.39, 0.29) is 0 Å². The summed E-state index contributed by atoms with van der Waals surface area (Å²) in [5, 5.41) is 19.8. The van der Waals surface area contributed by atoms with E-state index in [9.17, 15) is 14.8 Å². The van der Waals surface area contributed by atoms with Crippen molar-refractivity contribution in [2.75, 3.05) is 6.61 Å². The molecule has 2 heterocycles. The third-order valence-electron chi connectivity index (χ3n) is 4.21. The van der Waals surface area contributed by atoms with Crippen LogP contribution < -0.4 is 0 Å². The van der Waals surface area contributed by atoms with Crippen LogP contribution >= 0.6 is 7.82 Å². The molecule has 0 bridgehead atoms. The molecule has 1 aromatic heterocycles. The highest BCUT2D eigenvalue weighted by atomic mass is 31.2. The molecule has 4 unspecified atom stereocenters. The first-order valence-electron chi connectivity index (χ1n) is 7.33. The Balaban J connectivity index is 1.98. The van der Waals surface area contributed by atoms with Crippen LogP contribution in [0.4, 0.5) is 0 Å². The highest BCUT2D eigenvalue weighted by molar-refractivity contribution is 7.46. The number of phosphoric acid groups is 1. The number of aliphatic hydroxyl groups is 2. The van der Waals surface area contributed by atoms with Crippen molar-refractivity contribution in [3.63, 3.8) is 0 Å². The molecular formula is C14H19N2O7P. The second kappa shape index (κ2) is 6.20. The number of hydrogen-bond donors (Lipinski definition) is 4. The van der Waals surface area contributed by atoms with Gasteiger partial charge in [0.15, 0.2) is 6.23 Å². The van der Waals surface area contributed by atoms with Crippen LogP contribution in [0.15, 0.2) is 18.5 Å². The Labute approximate surface area is 137 Å². The van der Waals surface area contributed by atoms with Crippen LogP contribution in [0.3, 0.4) is 0 Å². The molecule has 4 atom stereocenters. The van der Waals surface area contributed by atoms with Gasteiger partial charge in [0.05, 0.1) is 24.0 Å². The number of benzene rings is 1. The zero-order valence-electron chi connectivity index (χ0n) is 13.1. The molecule has 0 radical (unpaired) electrons. The lowest BCUT2D eigenvalue weighted by Crippen LogP contribution is -2.35. The van der Waals surface area contributed by atoms with E-state index in [0.29, 0.717) is 11.0 Å². The molecule has 1 fully saturated rings. The van der Waals surface area contributed by atoms with Gasteiger partial charge < -0.3 is 29.3 Å². The summed E-state index contributed by atoms with van der Waals surface area (Å²) in [7, 11) is -4.84. The Bertz CT molecular complexity index is 802. The van der Waals surface area contributed by atoms with Gasteiger partial charge in [-0.05, 0) is 37.1 Å². The third-order valence-corrected chi connectivity index (χ3v) is 4.73. The number of nitrogens with zero attached hydrogens (tertiary/aromatic N) is 2. The fourth-order valence-corrected chi connectivity index (χ4v) is 3.45. The van der Waals surface area contributed by atoms with Crippen LogP contribution in [0.5, 0.6) is 0 Å². The van der Waals surface area contributed by atoms with Gasteiger partial charge in [-0.25, -0.2) is 9.55 Å². The monoisotopic (exact) mass is 358 g/mol. The van der Waals surface area contributed by atoms with Gasteiger partial charge in [0.2, 0.25) is 0 Å². The molecule has 3 rings (SSSR count). The molecule has 1 saturated heterocycles. The maximum Gasteiger partial charge on any atom is 0.470 e. The fraction of sp³-hybridized carbons (Fsp3) is 0.500. The normalized spacial score (nSPS) is 27.9. The highest BCUT2D eigenvalue weighted by Gasteiger charge is 2.48. The number of aryl methyl sites for hydroxylation is 2. The molecule has 132 valence electrons. The van der Waals surface area contributed by atoms with Crippen LogP contribution in [0.25, 0.3) is 11.0 Å². The second-order valence-corrected chi connectivity index (χ2v) is 7.07. The van der Waals surface area contributed by atoms with Crippen LogP contribution in [0.2, 0.25) is 0 Å². The quantitative estimate of drug-likeness (QED) is 0.577. The van der Waals surface area contributed by atoms with Gasteiger partial charge in [-0.3, -0.25) is 4.52 Å². The number of imidazole rings is 1. The topological polar surface area (TPSA) is 134 Å². The molecule has 2 aromatic rings. The van der Waals surface area contributed by atoms with E-state index in [1.807, 2.05) is 26.0 Å². The zero-order valence-corrected chi connectivity index (χ0v) is 14.0. The van der Waals surface area contributed by atoms with Crippen molar-refractivity contribution in [1.29, 1.82) is 0 Å². The molecule has 1 aliphatic rings. The number of ether oxygens (including phenoxy) is 1. The van der Waals surface area contributed by atoms with Crippen molar-refractivity contribution in [3.05, 3.63) is 29.6 Å². The average Bonchev–Trinajstić information content (AvgIpc) is 3.00. The predicted molar refractivity (Wildman–Crippen MR) is 83.1 cm³/mol. The molecule has 4 N–H and O–H groups in total. The standard InChI is InChI=1S/C14H19N2O7P/c1-7-3-9-10(4-8(7)2)16(6-15-9)14-12(18)13(11(5-17)22-14)23-24(19,20)21/h3-4,6,11-14,17-18H,5H2,1-2H3,(H2,19,20,21). The smallest absolute Gasteiger partial charge is 0.394 e. The lowest BCUT2D eigenvalue weighted by Gasteiger charge is -2.20. The number of aliphatic hydroxyl groups excluding tert-OH is 2. The molecule has 1 aliphatic heterocycles. The highest BCUT2D eigenvalue weighted by Crippen LogP contribution is 2.44. The number of rotatable bonds is 4. The number of aromatic nitrogens is 2. The van der Waals surface area contributed by atoms with Crippen molar-refractivity contribution in [3.8, 4) is 0 Å². The van der Waals surface area contributed by atoms with Crippen molar-refractivity contribution in [2.24, 2.45) is 0 Å². The minimum Gasteiger partial charge on any atom is -0.394 e. The van der Waals surface area contributed by atoms with Crippen molar-refractivity contribution < 1.29 is 33.8 Å². The molecule has 0 saturated carbocycles. The Morgan fingerprint density at radius 3 is 2.62 bits per heavy atom. The fourth-order valence-electron chi connectivity index (χ4n) is 2.87. The number of hydrogen-bond acceptors (Lipinski definition) is 6. The minimum absolute atomic E-state index is 0.553. The SMILES string of the molecule is Cc1cc2ncn(C3OC(CO)C(OP(=O)(O)O)C3O)c2cc1C. The van der Waals surface area contributed by atoms with Crippen LogP contribution in [-0.4, -0.2) is 54.5 Å². The number of phosphoric ester groups is 1. The van der Waals surface area contributed by atoms with Crippen LogP contribution in [0.1, 0.15) is 17.4 Å². The number of fused-ring (bicyclic) bond motifs is 1. The molecule has 24 heavy (non-hydrogen) atoms. The summed E-state index contributed by atoms with van der Waals surface area (Å²) >= 11 is 0. The molecule has 0 spiro atoms. The van der Waals surface area contributed by atoms with E-state index in [4.69, 9.17) is 14.5 Å². The molecule has 1 aromatic carbocycles. The van der Waals surface area contributed by atoms with E-state index < -0.39 is 39.0 Å². The predicted octanol–water partition coefficient (Wildman–Crippen LogP) is 0.382. The summed E-state index contributed by atoms with van der Waals surface area (Å²) in [6.45, 7) is 3.34. The van der Waals surface area contributed by atoms with Gasteiger partial charge in [-0.2, -0.15) is 0 Å². The van der Waals surface area contributed by atoms with Gasteiger partial charge in [0, 0.05) is 0 Å². The lowest BCUT2D eigenvalue weighted by molar-refractivity contribution is -0.0507. The lowest BCUT2D eigenvalue weighted by atomic mass is 10.1. The Kier molecular flexibility index (Phi) is 4.52. The first-order valence-corrected chi connectivity index (χ1v) is 8.86. The Morgan fingerprint density at radius 2 is 2.00 bits per heavy atom. The first-order chi connectivity index (χ1) is 11.2. The minimum atomic E-state index is -4.84. The van der Waals surface area contributed by atoms with E-state index in [0.717, 1.165) is 11.1 Å².